The highest BCUT2D eigenvalue weighted by Crippen LogP contribution is 2.20. The van der Waals surface area contributed by atoms with Gasteiger partial charge in [0.25, 0.3) is 0 Å². The zero-order valence-corrected chi connectivity index (χ0v) is 11.6. The Morgan fingerprint density at radius 3 is 2.70 bits per heavy atom. The second-order valence-electron chi connectivity index (χ2n) is 4.11. The topological polar surface area (TPSA) is 70.1 Å². The monoisotopic (exact) mass is 278 g/mol. The number of carboxylic acids is 1. The predicted molar refractivity (Wildman–Crippen MR) is 76.2 cm³/mol. The number of methoxy groups -OCH3 is 1. The Morgan fingerprint density at radius 2 is 2.15 bits per heavy atom. The minimum atomic E-state index is -1.07. The van der Waals surface area contributed by atoms with Gasteiger partial charge in [0.15, 0.2) is 0 Å². The zero-order valence-electron chi connectivity index (χ0n) is 11.6. The number of nitrogens with zero attached hydrogens (tertiary/aromatic N) is 2. The van der Waals surface area contributed by atoms with Gasteiger partial charge in [-0.05, 0) is 12.1 Å². The Kier molecular flexibility index (Phi) is 5.58. The first-order chi connectivity index (χ1) is 9.49. The summed E-state index contributed by atoms with van der Waals surface area (Å²) in [5, 5.41) is 8.83. The highest BCUT2D eigenvalue weighted by Gasteiger charge is 2.20. The first kappa shape index (κ1) is 15.6. The maximum absolute atomic E-state index is 12.3. The van der Waals surface area contributed by atoms with Crippen LogP contribution >= 0.6 is 0 Å². The van der Waals surface area contributed by atoms with Gasteiger partial charge in [0.1, 0.15) is 12.3 Å². The van der Waals surface area contributed by atoms with E-state index in [1.807, 2.05) is 0 Å². The molecule has 1 aromatic carbocycles. The summed E-state index contributed by atoms with van der Waals surface area (Å²) in [5.41, 5.74) is 0.619. The number of aliphatic carboxylic acids is 1. The molecule has 0 fully saturated rings. The first-order valence-electron chi connectivity index (χ1n) is 5.99. The van der Waals surface area contributed by atoms with Crippen molar-refractivity contribution < 1.29 is 19.4 Å². The van der Waals surface area contributed by atoms with E-state index in [0.717, 1.165) is 0 Å². The van der Waals surface area contributed by atoms with Gasteiger partial charge in [-0.2, -0.15) is 0 Å². The maximum Gasteiger partial charge on any atom is 0.325 e. The number of carbonyl (C=O) groups excluding carboxylic acids is 1. The molecule has 1 rings (SSSR count). The van der Waals surface area contributed by atoms with E-state index in [0.29, 0.717) is 11.4 Å². The van der Waals surface area contributed by atoms with Gasteiger partial charge in [0.05, 0.1) is 7.11 Å². The molecule has 0 bridgehead atoms. The highest BCUT2D eigenvalue weighted by atomic mass is 16.5. The van der Waals surface area contributed by atoms with E-state index in [9.17, 15) is 9.59 Å². The summed E-state index contributed by atoms with van der Waals surface area (Å²) < 4.78 is 5.10. The Morgan fingerprint density at radius 1 is 1.45 bits per heavy atom. The summed E-state index contributed by atoms with van der Waals surface area (Å²) in [7, 11) is 3.12. The van der Waals surface area contributed by atoms with Crippen LogP contribution in [0.15, 0.2) is 36.9 Å². The lowest BCUT2D eigenvalue weighted by Gasteiger charge is -2.26. The first-order valence-corrected chi connectivity index (χ1v) is 5.99. The van der Waals surface area contributed by atoms with Crippen LogP contribution in [0, 0.1) is 0 Å². The van der Waals surface area contributed by atoms with Crippen molar-refractivity contribution in [2.45, 2.75) is 0 Å². The molecule has 0 aliphatic rings. The number of rotatable bonds is 6. The molecular weight excluding hydrogens is 260 g/mol. The molecule has 1 N–H and O–H groups in total. The Balaban J connectivity index is 2.91. The molecule has 108 valence electrons. The molecule has 2 amide bonds. The second-order valence-corrected chi connectivity index (χ2v) is 4.11. The minimum Gasteiger partial charge on any atom is -0.497 e. The van der Waals surface area contributed by atoms with Gasteiger partial charge in [0.2, 0.25) is 0 Å². The number of benzene rings is 1. The third-order valence-corrected chi connectivity index (χ3v) is 2.67. The van der Waals surface area contributed by atoms with Crippen molar-refractivity contribution in [3.8, 4) is 5.75 Å². The van der Waals surface area contributed by atoms with Gasteiger partial charge >= 0.3 is 12.0 Å². The highest BCUT2D eigenvalue weighted by molar-refractivity contribution is 5.93. The number of ether oxygens (including phenoxy) is 1. The minimum absolute atomic E-state index is 0.166. The lowest BCUT2D eigenvalue weighted by molar-refractivity contribution is -0.137. The molecule has 0 atom stereocenters. The van der Waals surface area contributed by atoms with Crippen molar-refractivity contribution in [3.63, 3.8) is 0 Å². The smallest absolute Gasteiger partial charge is 0.325 e. The van der Waals surface area contributed by atoms with Crippen LogP contribution in [0.4, 0.5) is 10.5 Å². The third kappa shape index (κ3) is 4.01. The molecule has 20 heavy (non-hydrogen) atoms. The van der Waals surface area contributed by atoms with E-state index in [1.54, 1.807) is 31.3 Å². The maximum atomic E-state index is 12.3. The number of hydrogen-bond donors (Lipinski definition) is 1. The van der Waals surface area contributed by atoms with Crippen molar-refractivity contribution >= 4 is 17.7 Å². The normalized spacial score (nSPS) is 9.70. The summed E-state index contributed by atoms with van der Waals surface area (Å²) in [6, 6.07) is 6.55. The summed E-state index contributed by atoms with van der Waals surface area (Å²) in [6.45, 7) is 3.31. The molecule has 0 aliphatic carbocycles. The van der Waals surface area contributed by atoms with Crippen LogP contribution in [0.5, 0.6) is 5.75 Å². The number of urea groups is 1. The van der Waals surface area contributed by atoms with Crippen LogP contribution in [0.2, 0.25) is 0 Å². The van der Waals surface area contributed by atoms with Crippen LogP contribution in [0.25, 0.3) is 0 Å². The molecule has 0 aliphatic heterocycles. The Labute approximate surface area is 117 Å². The molecule has 1 aromatic rings. The fourth-order valence-corrected chi connectivity index (χ4v) is 1.67. The van der Waals surface area contributed by atoms with Gasteiger partial charge < -0.3 is 14.7 Å². The van der Waals surface area contributed by atoms with E-state index in [1.165, 1.54) is 23.0 Å². The van der Waals surface area contributed by atoms with E-state index < -0.39 is 12.0 Å². The summed E-state index contributed by atoms with van der Waals surface area (Å²) in [5.74, 6) is -0.449. The average Bonchev–Trinajstić information content (AvgIpc) is 2.45. The quantitative estimate of drug-likeness (QED) is 0.806. The molecule has 0 saturated carbocycles. The van der Waals surface area contributed by atoms with Crippen LogP contribution in [-0.2, 0) is 4.79 Å². The number of carbonyl (C=O) groups is 2. The van der Waals surface area contributed by atoms with Crippen LogP contribution in [0.3, 0.4) is 0 Å². The van der Waals surface area contributed by atoms with E-state index in [-0.39, 0.29) is 13.1 Å². The fourth-order valence-electron chi connectivity index (χ4n) is 1.67. The van der Waals surface area contributed by atoms with Gasteiger partial charge in [-0.1, -0.05) is 12.1 Å². The largest absolute Gasteiger partial charge is 0.497 e. The number of amides is 2. The lowest BCUT2D eigenvalue weighted by Crippen LogP contribution is -2.43. The molecule has 0 aromatic heterocycles. The molecular formula is C14H18N2O4. The van der Waals surface area contributed by atoms with Gasteiger partial charge in [0, 0.05) is 25.3 Å². The summed E-state index contributed by atoms with van der Waals surface area (Å²) >= 11 is 0. The van der Waals surface area contributed by atoms with Crippen LogP contribution in [0.1, 0.15) is 0 Å². The second kappa shape index (κ2) is 7.18. The van der Waals surface area contributed by atoms with E-state index >= 15 is 0 Å². The number of hydrogen-bond acceptors (Lipinski definition) is 3. The summed E-state index contributed by atoms with van der Waals surface area (Å²) in [6.07, 6.45) is 1.49. The van der Waals surface area contributed by atoms with Gasteiger partial charge in [-0.3, -0.25) is 9.69 Å². The Bertz CT molecular complexity index is 502. The van der Waals surface area contributed by atoms with E-state index in [2.05, 4.69) is 6.58 Å². The third-order valence-electron chi connectivity index (χ3n) is 2.67. The lowest BCUT2D eigenvalue weighted by atomic mass is 10.3. The van der Waals surface area contributed by atoms with Gasteiger partial charge in [-0.15, -0.1) is 6.58 Å². The van der Waals surface area contributed by atoms with Gasteiger partial charge in [-0.25, -0.2) is 4.79 Å². The number of carboxylic acid groups (broad SMARTS) is 1. The molecule has 0 unspecified atom stereocenters. The molecule has 0 heterocycles. The van der Waals surface area contributed by atoms with Crippen molar-refractivity contribution in [3.05, 3.63) is 36.9 Å². The van der Waals surface area contributed by atoms with Crippen LogP contribution < -0.4 is 9.64 Å². The van der Waals surface area contributed by atoms with Crippen molar-refractivity contribution in [2.75, 3.05) is 32.1 Å². The number of anilines is 1. The molecule has 0 radical (unpaired) electrons. The van der Waals surface area contributed by atoms with Crippen molar-refractivity contribution in [1.82, 2.24) is 4.90 Å². The molecule has 6 nitrogen and oxygen atoms in total. The van der Waals surface area contributed by atoms with E-state index in [4.69, 9.17) is 9.84 Å². The molecule has 0 saturated heterocycles. The predicted octanol–water partition coefficient (Wildman–Crippen LogP) is 1.82. The van der Waals surface area contributed by atoms with Crippen LogP contribution in [-0.4, -0.2) is 49.3 Å². The summed E-state index contributed by atoms with van der Waals surface area (Å²) in [4.78, 5) is 25.6. The SMILES string of the molecule is C=CCN(CC(=O)O)C(=O)N(C)c1cccc(OC)c1. The molecule has 0 spiro atoms. The van der Waals surface area contributed by atoms with Crippen molar-refractivity contribution in [2.24, 2.45) is 0 Å². The standard InChI is InChI=1S/C14H18N2O4/c1-4-8-16(10-13(17)18)14(19)15(2)11-6-5-7-12(9-11)20-3/h4-7,9H,1,8,10H2,2-3H3,(H,17,18). The average molecular weight is 278 g/mol. The zero-order chi connectivity index (χ0) is 15.1. The van der Waals surface area contributed by atoms with Crippen molar-refractivity contribution in [1.29, 1.82) is 0 Å². The molecule has 6 heteroatoms. The fraction of sp³-hybridized carbons (Fsp3) is 0.286. The Hall–Kier alpha value is -2.50.